The van der Waals surface area contributed by atoms with Crippen LogP contribution in [0.2, 0.25) is 10.0 Å². The maximum absolute atomic E-state index is 14.3. The molecule has 9 heteroatoms. The summed E-state index contributed by atoms with van der Waals surface area (Å²) in [5, 5.41) is 16.0. The minimum absolute atomic E-state index is 0.110. The molecule has 4 rings (SSSR count). The smallest absolute Gasteiger partial charge is 0.331 e. The van der Waals surface area contributed by atoms with E-state index in [2.05, 4.69) is 10.7 Å². The third-order valence-electron chi connectivity index (χ3n) is 7.28. The number of carboxylic acid groups (broad SMARTS) is 1. The van der Waals surface area contributed by atoms with Gasteiger partial charge in [0.2, 0.25) is 5.91 Å². The number of para-hydroxylation sites is 1. The molecule has 1 heterocycles. The molecule has 1 saturated heterocycles. The van der Waals surface area contributed by atoms with Crippen molar-refractivity contribution in [3.05, 3.63) is 99.8 Å². The lowest BCUT2D eigenvalue weighted by Crippen LogP contribution is -2.56. The molecule has 3 aromatic rings. The third kappa shape index (κ3) is 5.10. The van der Waals surface area contributed by atoms with Crippen molar-refractivity contribution < 1.29 is 19.1 Å². The van der Waals surface area contributed by atoms with Crippen LogP contribution in [0.4, 0.5) is 10.1 Å². The Hall–Kier alpha value is -3.13. The predicted molar refractivity (Wildman–Crippen MR) is 147 cm³/mol. The van der Waals surface area contributed by atoms with Gasteiger partial charge in [-0.1, -0.05) is 73.3 Å². The van der Waals surface area contributed by atoms with Gasteiger partial charge in [-0.15, -0.1) is 0 Å². The van der Waals surface area contributed by atoms with Crippen LogP contribution in [-0.2, 0) is 21.7 Å². The van der Waals surface area contributed by atoms with Crippen LogP contribution in [0.25, 0.3) is 0 Å². The zero-order chi connectivity index (χ0) is 27.5. The molecule has 200 valence electrons. The molecule has 0 bridgehead atoms. The number of nitrogens with zero attached hydrogens (tertiary/aromatic N) is 1. The number of carbonyl (C=O) groups is 2. The van der Waals surface area contributed by atoms with E-state index in [0.29, 0.717) is 39.7 Å². The van der Waals surface area contributed by atoms with Crippen LogP contribution in [0, 0.1) is 11.7 Å². The van der Waals surface area contributed by atoms with Gasteiger partial charge in [0, 0.05) is 22.5 Å². The number of halogens is 3. The van der Waals surface area contributed by atoms with E-state index in [4.69, 9.17) is 23.2 Å². The second-order valence-electron chi connectivity index (χ2n) is 9.71. The summed E-state index contributed by atoms with van der Waals surface area (Å²) >= 11 is 12.3. The molecule has 0 aromatic heterocycles. The van der Waals surface area contributed by atoms with Gasteiger partial charge >= 0.3 is 5.97 Å². The quantitative estimate of drug-likeness (QED) is 0.287. The monoisotopic (exact) mass is 557 g/mol. The number of benzene rings is 3. The van der Waals surface area contributed by atoms with Crippen LogP contribution in [0.3, 0.4) is 0 Å². The van der Waals surface area contributed by atoms with E-state index < -0.39 is 34.7 Å². The Labute approximate surface area is 231 Å². The fourth-order valence-corrected chi connectivity index (χ4v) is 5.93. The number of hydrogen-bond donors (Lipinski definition) is 3. The minimum atomic E-state index is -1.52. The summed E-state index contributed by atoms with van der Waals surface area (Å²) in [4.78, 5) is 27.3. The molecule has 1 aliphatic heterocycles. The molecule has 3 aromatic carbocycles. The molecule has 3 atom stereocenters. The number of hydrogen-bond acceptors (Lipinski definition) is 4. The standard InChI is InChI=1S/C29H30Cl2FN3O3/c1-3-4-10-25-28(2,27(37)38)35(24-8-6-5-7-9-24)34-29(25,20-11-13-23(32)14-12-20)26(36)33-18-19-15-21(30)17-22(31)16-19/h5-9,11-17,25,34H,3-4,10,18H2,1-2H3,(H,33,36)(H,37,38). The minimum Gasteiger partial charge on any atom is -0.479 e. The van der Waals surface area contributed by atoms with Gasteiger partial charge in [-0.2, -0.15) is 0 Å². The molecule has 0 radical (unpaired) electrons. The number of carbonyl (C=O) groups excluding carboxylic acids is 1. The number of hydrazine groups is 1. The first kappa shape index (κ1) is 27.9. The van der Waals surface area contributed by atoms with Crippen LogP contribution in [0.1, 0.15) is 44.2 Å². The van der Waals surface area contributed by atoms with Crippen LogP contribution in [-0.4, -0.2) is 22.5 Å². The lowest BCUT2D eigenvalue weighted by molar-refractivity contribution is -0.145. The highest BCUT2D eigenvalue weighted by molar-refractivity contribution is 6.34. The summed E-state index contributed by atoms with van der Waals surface area (Å²) in [5.74, 6) is -2.69. The topological polar surface area (TPSA) is 81.7 Å². The molecular formula is C29H30Cl2FN3O3. The van der Waals surface area contributed by atoms with Gasteiger partial charge in [0.1, 0.15) is 11.4 Å². The average molecular weight is 558 g/mol. The number of nitrogens with one attached hydrogen (secondary N) is 2. The number of rotatable bonds is 9. The van der Waals surface area contributed by atoms with Crippen molar-refractivity contribution in [2.24, 2.45) is 5.92 Å². The summed E-state index contributed by atoms with van der Waals surface area (Å²) in [6.07, 6.45) is 1.93. The lowest BCUT2D eigenvalue weighted by Gasteiger charge is -2.37. The first-order chi connectivity index (χ1) is 18.1. The maximum Gasteiger partial charge on any atom is 0.331 e. The van der Waals surface area contributed by atoms with Gasteiger partial charge in [-0.05, 0) is 66.9 Å². The summed E-state index contributed by atoms with van der Waals surface area (Å²) < 4.78 is 14.0. The Balaban J connectivity index is 1.87. The van der Waals surface area contributed by atoms with E-state index in [1.165, 1.54) is 24.3 Å². The fourth-order valence-electron chi connectivity index (χ4n) is 5.36. The van der Waals surface area contributed by atoms with Gasteiger partial charge in [0.15, 0.2) is 5.54 Å². The highest BCUT2D eigenvalue weighted by atomic mass is 35.5. The number of amides is 1. The zero-order valence-corrected chi connectivity index (χ0v) is 22.7. The molecule has 0 spiro atoms. The Morgan fingerprint density at radius 3 is 2.26 bits per heavy atom. The largest absolute Gasteiger partial charge is 0.479 e. The molecule has 1 amide bonds. The van der Waals surface area contributed by atoms with E-state index in [-0.39, 0.29) is 6.54 Å². The third-order valence-corrected chi connectivity index (χ3v) is 7.72. The van der Waals surface area contributed by atoms with Crippen molar-refractivity contribution in [2.45, 2.75) is 50.7 Å². The Kier molecular flexibility index (Phi) is 8.31. The summed E-state index contributed by atoms with van der Waals surface area (Å²) in [6, 6.07) is 19.7. The molecule has 0 saturated carbocycles. The molecule has 0 aliphatic carbocycles. The highest BCUT2D eigenvalue weighted by Crippen LogP contribution is 2.50. The second-order valence-corrected chi connectivity index (χ2v) is 10.6. The van der Waals surface area contributed by atoms with Crippen molar-refractivity contribution in [3.63, 3.8) is 0 Å². The molecule has 1 aliphatic rings. The Morgan fingerprint density at radius 1 is 1.05 bits per heavy atom. The normalized spacial score (nSPS) is 22.9. The van der Waals surface area contributed by atoms with Crippen molar-refractivity contribution in [1.29, 1.82) is 0 Å². The van der Waals surface area contributed by atoms with Crippen molar-refractivity contribution in [1.82, 2.24) is 10.7 Å². The van der Waals surface area contributed by atoms with E-state index in [1.54, 1.807) is 54.4 Å². The van der Waals surface area contributed by atoms with E-state index >= 15 is 0 Å². The average Bonchev–Trinajstić information content (AvgIpc) is 3.17. The van der Waals surface area contributed by atoms with Crippen molar-refractivity contribution >= 4 is 40.8 Å². The zero-order valence-electron chi connectivity index (χ0n) is 21.2. The Bertz CT molecular complexity index is 1290. The molecule has 1 fully saturated rings. The number of anilines is 1. The van der Waals surface area contributed by atoms with Crippen molar-refractivity contribution in [3.8, 4) is 0 Å². The van der Waals surface area contributed by atoms with E-state index in [9.17, 15) is 19.1 Å². The first-order valence-corrected chi connectivity index (χ1v) is 13.2. The lowest BCUT2D eigenvalue weighted by atomic mass is 9.68. The summed E-state index contributed by atoms with van der Waals surface area (Å²) in [7, 11) is 0. The van der Waals surface area contributed by atoms with E-state index in [0.717, 1.165) is 6.42 Å². The fraction of sp³-hybridized carbons (Fsp3) is 0.310. The van der Waals surface area contributed by atoms with Crippen LogP contribution in [0.5, 0.6) is 0 Å². The van der Waals surface area contributed by atoms with Gasteiger partial charge in [-0.3, -0.25) is 9.80 Å². The van der Waals surface area contributed by atoms with Gasteiger partial charge in [0.05, 0.1) is 5.69 Å². The molecule has 38 heavy (non-hydrogen) atoms. The predicted octanol–water partition coefficient (Wildman–Crippen LogP) is 6.32. The SMILES string of the molecule is CCCCC1C(C(=O)NCc2cc(Cl)cc(Cl)c2)(c2ccc(F)cc2)NN(c2ccccc2)C1(C)C(=O)O. The molecule has 6 nitrogen and oxygen atoms in total. The molecule has 3 N–H and O–H groups in total. The summed E-state index contributed by atoms with van der Waals surface area (Å²) in [6.45, 7) is 3.75. The molecule has 3 unspecified atom stereocenters. The van der Waals surface area contributed by atoms with Crippen molar-refractivity contribution in [2.75, 3.05) is 5.01 Å². The number of aliphatic carboxylic acids is 1. The van der Waals surface area contributed by atoms with Crippen LogP contribution < -0.4 is 15.8 Å². The van der Waals surface area contributed by atoms with Gasteiger partial charge in [0.25, 0.3) is 0 Å². The number of unbranched alkanes of at least 4 members (excludes halogenated alkanes) is 1. The highest BCUT2D eigenvalue weighted by Gasteiger charge is 2.66. The van der Waals surface area contributed by atoms with Gasteiger partial charge < -0.3 is 10.4 Å². The second kappa shape index (κ2) is 11.3. The maximum atomic E-state index is 14.3. The van der Waals surface area contributed by atoms with Crippen LogP contribution >= 0.6 is 23.2 Å². The van der Waals surface area contributed by atoms with E-state index in [1.807, 2.05) is 13.0 Å². The summed E-state index contributed by atoms with van der Waals surface area (Å²) in [5.41, 5.74) is 2.03. The molecular weight excluding hydrogens is 528 g/mol. The van der Waals surface area contributed by atoms with Gasteiger partial charge in [-0.25, -0.2) is 14.6 Å². The first-order valence-electron chi connectivity index (χ1n) is 12.5. The van der Waals surface area contributed by atoms with Crippen LogP contribution in [0.15, 0.2) is 72.8 Å². The number of carboxylic acids is 1. The Morgan fingerprint density at radius 2 is 1.68 bits per heavy atom.